The number of ether oxygens (including phenoxy) is 1. The summed E-state index contributed by atoms with van der Waals surface area (Å²) in [5.74, 6) is -2.76. The molecule has 0 bridgehead atoms. The van der Waals surface area contributed by atoms with Crippen LogP contribution in [0.5, 0.6) is 0 Å². The number of amides is 2. The fourth-order valence-corrected chi connectivity index (χ4v) is 1.91. The second-order valence-electron chi connectivity index (χ2n) is 6.49. The first kappa shape index (κ1) is 20.9. The number of carbonyl (C=O) groups is 4. The standard InChI is InChI=1S/C15H26N2O6/c1-9(8-18)11(13(20)21)17(7)12(19)10(2)16(6)14(22)23-15(3,4)5/h8-11H,1-7H3,(H,20,21). The molecule has 3 atom stereocenters. The van der Waals surface area contributed by atoms with Crippen molar-refractivity contribution in [3.05, 3.63) is 0 Å². The highest BCUT2D eigenvalue weighted by molar-refractivity contribution is 5.90. The van der Waals surface area contributed by atoms with Crippen LogP contribution in [0.25, 0.3) is 0 Å². The van der Waals surface area contributed by atoms with E-state index in [0.29, 0.717) is 6.29 Å². The maximum atomic E-state index is 12.4. The molecule has 1 N–H and O–H groups in total. The zero-order valence-corrected chi connectivity index (χ0v) is 14.7. The average Bonchev–Trinajstić information content (AvgIpc) is 2.42. The normalized spacial score (nSPS) is 15.1. The highest BCUT2D eigenvalue weighted by atomic mass is 16.6. The van der Waals surface area contributed by atoms with Crippen LogP contribution < -0.4 is 0 Å². The summed E-state index contributed by atoms with van der Waals surface area (Å²) < 4.78 is 5.17. The zero-order chi connectivity index (χ0) is 18.5. The Bertz CT molecular complexity index is 471. The van der Waals surface area contributed by atoms with Crippen LogP contribution in [-0.4, -0.2) is 70.9 Å². The number of carbonyl (C=O) groups excluding carboxylic acids is 3. The number of rotatable bonds is 6. The van der Waals surface area contributed by atoms with Gasteiger partial charge in [-0.3, -0.25) is 9.69 Å². The Morgan fingerprint density at radius 3 is 1.91 bits per heavy atom. The Morgan fingerprint density at radius 2 is 1.57 bits per heavy atom. The Balaban J connectivity index is 5.15. The number of carboxylic acids is 1. The van der Waals surface area contributed by atoms with Crippen LogP contribution in [0, 0.1) is 5.92 Å². The van der Waals surface area contributed by atoms with Gasteiger partial charge in [-0.25, -0.2) is 9.59 Å². The van der Waals surface area contributed by atoms with Crippen LogP contribution in [0.15, 0.2) is 0 Å². The Kier molecular flexibility index (Phi) is 7.21. The highest BCUT2D eigenvalue weighted by Crippen LogP contribution is 2.14. The lowest BCUT2D eigenvalue weighted by molar-refractivity contribution is -0.153. The van der Waals surface area contributed by atoms with Crippen LogP contribution in [0.3, 0.4) is 0 Å². The smallest absolute Gasteiger partial charge is 0.410 e. The molecule has 0 spiro atoms. The van der Waals surface area contributed by atoms with Gasteiger partial charge >= 0.3 is 12.1 Å². The molecule has 0 saturated carbocycles. The van der Waals surface area contributed by atoms with Gasteiger partial charge in [0.1, 0.15) is 24.0 Å². The van der Waals surface area contributed by atoms with Crippen molar-refractivity contribution >= 4 is 24.3 Å². The second kappa shape index (κ2) is 7.94. The van der Waals surface area contributed by atoms with Gasteiger partial charge in [0.15, 0.2) is 0 Å². The second-order valence-corrected chi connectivity index (χ2v) is 6.49. The van der Waals surface area contributed by atoms with Gasteiger partial charge in [-0.1, -0.05) is 6.92 Å². The number of hydrogen-bond acceptors (Lipinski definition) is 5. The SMILES string of the molecule is CC(C=O)C(C(=O)O)N(C)C(=O)C(C)N(C)C(=O)OC(C)(C)C. The zero-order valence-electron chi connectivity index (χ0n) is 14.7. The van der Waals surface area contributed by atoms with E-state index < -0.39 is 41.6 Å². The predicted octanol–water partition coefficient (Wildman–Crippen LogP) is 0.988. The summed E-state index contributed by atoms with van der Waals surface area (Å²) >= 11 is 0. The summed E-state index contributed by atoms with van der Waals surface area (Å²) in [5.41, 5.74) is -0.713. The molecule has 0 aliphatic carbocycles. The van der Waals surface area contributed by atoms with E-state index in [2.05, 4.69) is 0 Å². The van der Waals surface area contributed by atoms with E-state index >= 15 is 0 Å². The van der Waals surface area contributed by atoms with Gasteiger partial charge in [-0.2, -0.15) is 0 Å². The molecule has 2 amide bonds. The van der Waals surface area contributed by atoms with E-state index in [9.17, 15) is 24.3 Å². The van der Waals surface area contributed by atoms with E-state index in [0.717, 1.165) is 9.80 Å². The Labute approximate surface area is 136 Å². The average molecular weight is 330 g/mol. The number of carboxylic acid groups (broad SMARTS) is 1. The summed E-state index contributed by atoms with van der Waals surface area (Å²) in [6.07, 6.45) is -0.216. The quantitative estimate of drug-likeness (QED) is 0.728. The molecule has 0 aromatic carbocycles. The van der Waals surface area contributed by atoms with Gasteiger partial charge in [-0.05, 0) is 27.7 Å². The molecule has 0 fully saturated rings. The van der Waals surface area contributed by atoms with Crippen LogP contribution in [0.1, 0.15) is 34.6 Å². The van der Waals surface area contributed by atoms with Crippen LogP contribution >= 0.6 is 0 Å². The molecule has 0 aromatic rings. The van der Waals surface area contributed by atoms with Gasteiger partial charge in [-0.15, -0.1) is 0 Å². The number of likely N-dealkylation sites (N-methyl/N-ethyl adjacent to an activating group) is 2. The van der Waals surface area contributed by atoms with Crippen molar-refractivity contribution in [3.63, 3.8) is 0 Å². The molecule has 0 heterocycles. The summed E-state index contributed by atoms with van der Waals surface area (Å²) in [7, 11) is 2.68. The molecule has 8 nitrogen and oxygen atoms in total. The van der Waals surface area contributed by atoms with Gasteiger partial charge < -0.3 is 19.5 Å². The molecule has 3 unspecified atom stereocenters. The molecule has 0 rings (SSSR count). The summed E-state index contributed by atoms with van der Waals surface area (Å²) in [4.78, 5) is 48.6. The minimum absolute atomic E-state index is 0.477. The first-order valence-electron chi connectivity index (χ1n) is 7.24. The maximum Gasteiger partial charge on any atom is 0.410 e. The summed E-state index contributed by atoms with van der Waals surface area (Å²) in [6.45, 7) is 7.97. The Morgan fingerprint density at radius 1 is 1.09 bits per heavy atom. The fraction of sp³-hybridized carbons (Fsp3) is 0.733. The lowest BCUT2D eigenvalue weighted by Crippen LogP contribution is -2.54. The van der Waals surface area contributed by atoms with E-state index in [4.69, 9.17) is 4.74 Å². The fourth-order valence-electron chi connectivity index (χ4n) is 1.91. The highest BCUT2D eigenvalue weighted by Gasteiger charge is 2.36. The van der Waals surface area contributed by atoms with Gasteiger partial charge in [0.05, 0.1) is 0 Å². The molecule has 0 aromatic heterocycles. The van der Waals surface area contributed by atoms with Gasteiger partial charge in [0, 0.05) is 20.0 Å². The van der Waals surface area contributed by atoms with Crippen LogP contribution in [0.2, 0.25) is 0 Å². The lowest BCUT2D eigenvalue weighted by atomic mass is 10.0. The molecule has 0 saturated heterocycles. The van der Waals surface area contributed by atoms with Crippen molar-refractivity contribution in [2.24, 2.45) is 5.92 Å². The third kappa shape index (κ3) is 5.88. The van der Waals surface area contributed by atoms with Crippen molar-refractivity contribution in [2.45, 2.75) is 52.3 Å². The van der Waals surface area contributed by atoms with Gasteiger partial charge in [0.25, 0.3) is 0 Å². The van der Waals surface area contributed by atoms with E-state index in [1.165, 1.54) is 27.9 Å². The van der Waals surface area contributed by atoms with Gasteiger partial charge in [0.2, 0.25) is 5.91 Å². The van der Waals surface area contributed by atoms with Crippen molar-refractivity contribution in [1.29, 1.82) is 0 Å². The molecular formula is C15H26N2O6. The third-order valence-electron chi connectivity index (χ3n) is 3.35. The number of aliphatic carboxylic acids is 1. The largest absolute Gasteiger partial charge is 0.480 e. The molecule has 0 radical (unpaired) electrons. The van der Waals surface area contributed by atoms with Crippen molar-refractivity contribution < 1.29 is 29.0 Å². The Hall–Kier alpha value is -2.12. The molecule has 0 aliphatic rings. The van der Waals surface area contributed by atoms with Crippen molar-refractivity contribution in [1.82, 2.24) is 9.80 Å². The third-order valence-corrected chi connectivity index (χ3v) is 3.35. The summed E-state index contributed by atoms with van der Waals surface area (Å²) in [5, 5.41) is 9.22. The topological polar surface area (TPSA) is 104 Å². The number of nitrogens with zero attached hydrogens (tertiary/aromatic N) is 2. The van der Waals surface area contributed by atoms with Crippen LogP contribution in [0.4, 0.5) is 4.79 Å². The molecule has 132 valence electrons. The van der Waals surface area contributed by atoms with E-state index in [1.54, 1.807) is 20.8 Å². The minimum atomic E-state index is -1.30. The molecule has 8 heteroatoms. The number of hydrogen-bond donors (Lipinski definition) is 1. The minimum Gasteiger partial charge on any atom is -0.480 e. The summed E-state index contributed by atoms with van der Waals surface area (Å²) in [6, 6.07) is -2.23. The monoisotopic (exact) mass is 330 g/mol. The number of aldehydes is 1. The van der Waals surface area contributed by atoms with Crippen molar-refractivity contribution in [2.75, 3.05) is 14.1 Å². The van der Waals surface area contributed by atoms with Crippen molar-refractivity contribution in [3.8, 4) is 0 Å². The maximum absolute atomic E-state index is 12.4. The molecule has 23 heavy (non-hydrogen) atoms. The molecule has 0 aliphatic heterocycles. The van der Waals surface area contributed by atoms with Crippen LogP contribution in [-0.2, 0) is 19.1 Å². The first-order chi connectivity index (χ1) is 10.3. The molecular weight excluding hydrogens is 304 g/mol. The van der Waals surface area contributed by atoms with E-state index in [-0.39, 0.29) is 0 Å². The van der Waals surface area contributed by atoms with E-state index in [1.807, 2.05) is 0 Å². The predicted molar refractivity (Wildman–Crippen MR) is 82.9 cm³/mol. The first-order valence-corrected chi connectivity index (χ1v) is 7.24. The lowest BCUT2D eigenvalue weighted by Gasteiger charge is -2.33.